The summed E-state index contributed by atoms with van der Waals surface area (Å²) in [6.45, 7) is 10.8. The third-order valence-electron chi connectivity index (χ3n) is 4.92. The van der Waals surface area contributed by atoms with Crippen LogP contribution in [0.15, 0.2) is 18.2 Å². The van der Waals surface area contributed by atoms with Crippen molar-refractivity contribution >= 4 is 23.9 Å². The fourth-order valence-electron chi connectivity index (χ4n) is 3.29. The molecule has 0 fully saturated rings. The van der Waals surface area contributed by atoms with Crippen LogP contribution >= 0.6 is 0 Å². The number of carboxylic acids is 1. The lowest BCUT2D eigenvalue weighted by Crippen LogP contribution is -2.38. The van der Waals surface area contributed by atoms with Gasteiger partial charge in [0.2, 0.25) is 0 Å². The number of hydrogen-bond donors (Lipinski definition) is 2. The van der Waals surface area contributed by atoms with Crippen molar-refractivity contribution in [1.29, 1.82) is 0 Å². The molecule has 0 saturated heterocycles. The topological polar surface area (TPSA) is 142 Å². The van der Waals surface area contributed by atoms with E-state index in [1.807, 2.05) is 27.7 Å². The molecule has 0 amide bonds. The zero-order valence-corrected chi connectivity index (χ0v) is 20.8. The highest BCUT2D eigenvalue weighted by Crippen LogP contribution is 2.35. The van der Waals surface area contributed by atoms with Crippen LogP contribution in [0.2, 0.25) is 0 Å². The molecule has 0 saturated carbocycles. The second kappa shape index (κ2) is 13.7. The zero-order valence-electron chi connectivity index (χ0n) is 20.8. The smallest absolute Gasteiger partial charge is 0.321 e. The maximum atomic E-state index is 12.4. The van der Waals surface area contributed by atoms with Gasteiger partial charge in [0.1, 0.15) is 6.04 Å². The first-order valence-corrected chi connectivity index (χ1v) is 11.6. The minimum Gasteiger partial charge on any atom is -0.480 e. The van der Waals surface area contributed by atoms with Gasteiger partial charge in [-0.2, -0.15) is 0 Å². The molecule has 9 nitrogen and oxygen atoms in total. The number of benzene rings is 1. The van der Waals surface area contributed by atoms with Crippen LogP contribution < -0.4 is 15.2 Å². The van der Waals surface area contributed by atoms with Gasteiger partial charge in [0.25, 0.3) is 0 Å². The SMILES string of the molecule is CCC(=O)OC(C)CC(c1ccc(OC(=O)CC(C)C)c(OC(=O)CC(C)C)c1)[C@H](N)C(=O)O. The molecule has 0 spiro atoms. The summed E-state index contributed by atoms with van der Waals surface area (Å²) in [5, 5.41) is 9.54. The summed E-state index contributed by atoms with van der Waals surface area (Å²) in [6, 6.07) is 3.17. The molecule has 1 aromatic carbocycles. The highest BCUT2D eigenvalue weighted by Gasteiger charge is 2.30. The molecule has 0 aliphatic heterocycles. The van der Waals surface area contributed by atoms with Crippen LogP contribution in [0.5, 0.6) is 11.5 Å². The third-order valence-corrected chi connectivity index (χ3v) is 4.92. The number of hydrogen-bond acceptors (Lipinski definition) is 8. The predicted molar refractivity (Wildman–Crippen MR) is 125 cm³/mol. The van der Waals surface area contributed by atoms with Gasteiger partial charge < -0.3 is 25.1 Å². The largest absolute Gasteiger partial charge is 0.480 e. The summed E-state index contributed by atoms with van der Waals surface area (Å²) in [7, 11) is 0. The van der Waals surface area contributed by atoms with E-state index < -0.39 is 41.9 Å². The van der Waals surface area contributed by atoms with Gasteiger partial charge in [-0.1, -0.05) is 40.7 Å². The van der Waals surface area contributed by atoms with Crippen molar-refractivity contribution < 1.29 is 38.5 Å². The van der Waals surface area contributed by atoms with Crippen molar-refractivity contribution in [2.24, 2.45) is 17.6 Å². The highest BCUT2D eigenvalue weighted by atomic mass is 16.6. The van der Waals surface area contributed by atoms with Gasteiger partial charge in [-0.25, -0.2) is 0 Å². The molecule has 3 N–H and O–H groups in total. The molecule has 3 atom stereocenters. The summed E-state index contributed by atoms with van der Waals surface area (Å²) in [5.74, 6) is -3.23. The fourth-order valence-corrected chi connectivity index (χ4v) is 3.29. The van der Waals surface area contributed by atoms with Crippen LogP contribution in [0, 0.1) is 11.8 Å². The van der Waals surface area contributed by atoms with Gasteiger partial charge >= 0.3 is 23.9 Å². The summed E-state index contributed by atoms with van der Waals surface area (Å²) >= 11 is 0. The molecule has 0 bridgehead atoms. The molecule has 34 heavy (non-hydrogen) atoms. The van der Waals surface area contributed by atoms with Crippen molar-refractivity contribution in [2.45, 2.75) is 85.3 Å². The molecular formula is C25H37NO8. The Kier molecular flexibility index (Phi) is 11.7. The lowest BCUT2D eigenvalue weighted by molar-refractivity contribution is -0.148. The maximum Gasteiger partial charge on any atom is 0.321 e. The number of nitrogens with two attached hydrogens (primary N) is 1. The van der Waals surface area contributed by atoms with E-state index in [2.05, 4.69) is 0 Å². The molecule has 0 radical (unpaired) electrons. The lowest BCUT2D eigenvalue weighted by atomic mass is 9.87. The molecule has 0 aliphatic carbocycles. The van der Waals surface area contributed by atoms with E-state index in [1.54, 1.807) is 19.9 Å². The minimum absolute atomic E-state index is 0.000973. The number of esters is 3. The normalized spacial score (nSPS) is 13.8. The zero-order chi connectivity index (χ0) is 26.0. The first-order valence-electron chi connectivity index (χ1n) is 11.6. The molecule has 1 rings (SSSR count). The lowest BCUT2D eigenvalue weighted by Gasteiger charge is -2.25. The molecular weight excluding hydrogens is 442 g/mol. The summed E-state index contributed by atoms with van der Waals surface area (Å²) in [4.78, 5) is 47.9. The molecule has 0 aromatic heterocycles. The quantitative estimate of drug-likeness (QED) is 0.319. The highest BCUT2D eigenvalue weighted by molar-refractivity contribution is 5.77. The second-order valence-electron chi connectivity index (χ2n) is 9.21. The first kappa shape index (κ1) is 29.1. The van der Waals surface area contributed by atoms with Crippen LogP contribution in [0.25, 0.3) is 0 Å². The van der Waals surface area contributed by atoms with E-state index in [0.29, 0.717) is 5.56 Å². The Morgan fingerprint density at radius 2 is 1.41 bits per heavy atom. The van der Waals surface area contributed by atoms with Crippen molar-refractivity contribution in [1.82, 2.24) is 0 Å². The number of carbonyl (C=O) groups is 4. The van der Waals surface area contributed by atoms with Gasteiger partial charge in [0, 0.05) is 25.2 Å². The van der Waals surface area contributed by atoms with E-state index >= 15 is 0 Å². The van der Waals surface area contributed by atoms with Gasteiger partial charge in [-0.15, -0.1) is 0 Å². The van der Waals surface area contributed by atoms with Gasteiger partial charge in [-0.05, 0) is 42.9 Å². The Balaban J connectivity index is 3.35. The molecule has 0 aliphatic rings. The number of rotatable bonds is 13. The van der Waals surface area contributed by atoms with Crippen LogP contribution in [0.4, 0.5) is 0 Å². The van der Waals surface area contributed by atoms with E-state index in [9.17, 15) is 24.3 Å². The minimum atomic E-state index is -1.31. The Morgan fingerprint density at radius 1 is 0.882 bits per heavy atom. The second-order valence-corrected chi connectivity index (χ2v) is 9.21. The van der Waals surface area contributed by atoms with Crippen molar-refractivity contribution in [3.05, 3.63) is 23.8 Å². The van der Waals surface area contributed by atoms with E-state index in [-0.39, 0.29) is 49.0 Å². The Hall–Kier alpha value is -2.94. The van der Waals surface area contributed by atoms with Crippen LogP contribution in [0.3, 0.4) is 0 Å². The molecule has 9 heteroatoms. The van der Waals surface area contributed by atoms with Gasteiger partial charge in [0.05, 0.1) is 6.10 Å². The summed E-state index contributed by atoms with van der Waals surface area (Å²) in [6.07, 6.45) is 0.0372. The van der Waals surface area contributed by atoms with E-state index in [1.165, 1.54) is 12.1 Å². The Labute approximate surface area is 200 Å². The standard InChI is InChI=1S/C25H37NO8/c1-7-21(27)32-16(6)12-18(24(26)25(30)31)17-8-9-19(33-22(28)10-14(2)3)20(13-17)34-23(29)11-15(4)5/h8-9,13-16,18,24H,7,10-12,26H2,1-6H3,(H,30,31)/t16?,18?,24-/m0/s1. The molecule has 2 unspecified atom stereocenters. The number of carboxylic acid groups (broad SMARTS) is 1. The Bertz CT molecular complexity index is 864. The molecule has 0 heterocycles. The monoisotopic (exact) mass is 479 g/mol. The summed E-state index contributed by atoms with van der Waals surface area (Å²) < 4.78 is 16.2. The van der Waals surface area contributed by atoms with Crippen LogP contribution in [-0.2, 0) is 23.9 Å². The average molecular weight is 480 g/mol. The Morgan fingerprint density at radius 3 is 1.88 bits per heavy atom. The number of aliphatic carboxylic acids is 1. The van der Waals surface area contributed by atoms with Crippen LogP contribution in [0.1, 0.15) is 78.7 Å². The number of carbonyl (C=O) groups excluding carboxylic acids is 3. The van der Waals surface area contributed by atoms with E-state index in [4.69, 9.17) is 19.9 Å². The fraction of sp³-hybridized carbons (Fsp3) is 0.600. The predicted octanol–water partition coefficient (Wildman–Crippen LogP) is 3.82. The van der Waals surface area contributed by atoms with Crippen molar-refractivity contribution in [3.63, 3.8) is 0 Å². The van der Waals surface area contributed by atoms with E-state index in [0.717, 1.165) is 0 Å². The summed E-state index contributed by atoms with van der Waals surface area (Å²) in [5.41, 5.74) is 6.41. The average Bonchev–Trinajstić information content (AvgIpc) is 2.71. The number of ether oxygens (including phenoxy) is 3. The molecule has 1 aromatic rings. The maximum absolute atomic E-state index is 12.4. The first-order chi connectivity index (χ1) is 15.8. The van der Waals surface area contributed by atoms with Gasteiger partial charge in [-0.3, -0.25) is 19.2 Å². The van der Waals surface area contributed by atoms with Crippen molar-refractivity contribution in [2.75, 3.05) is 0 Å². The molecule has 190 valence electrons. The third kappa shape index (κ3) is 9.91. The van der Waals surface area contributed by atoms with Crippen LogP contribution in [-0.4, -0.2) is 41.1 Å². The van der Waals surface area contributed by atoms with Crippen molar-refractivity contribution in [3.8, 4) is 11.5 Å². The van der Waals surface area contributed by atoms with Gasteiger partial charge in [0.15, 0.2) is 11.5 Å².